The van der Waals surface area contributed by atoms with Gasteiger partial charge in [0.2, 0.25) is 0 Å². The Morgan fingerprint density at radius 2 is 1.52 bits per heavy atom. The van der Waals surface area contributed by atoms with E-state index in [2.05, 4.69) is 10.2 Å². The van der Waals surface area contributed by atoms with Crippen LogP contribution in [0.1, 0.15) is 0 Å². The van der Waals surface area contributed by atoms with Crippen molar-refractivity contribution in [2.45, 2.75) is 12.1 Å². The minimum atomic E-state index is -5.69. The van der Waals surface area contributed by atoms with Crippen LogP contribution in [-0.4, -0.2) is 28.5 Å². The molecule has 0 saturated carbocycles. The van der Waals surface area contributed by atoms with Crippen molar-refractivity contribution < 1.29 is 31.8 Å². The molecule has 0 unspecified atom stereocenters. The number of alkyl halides is 5. The van der Waals surface area contributed by atoms with Crippen LogP contribution in [0.4, 0.5) is 50.4 Å². The van der Waals surface area contributed by atoms with Crippen LogP contribution in [0.5, 0.6) is 0 Å². The Kier molecular flexibility index (Phi) is 6.04. The molecule has 0 heterocycles. The number of nitro benzene ring substituents is 2. The lowest BCUT2D eigenvalue weighted by Crippen LogP contribution is -2.42. The summed E-state index contributed by atoms with van der Waals surface area (Å²) >= 11 is 0. The van der Waals surface area contributed by atoms with E-state index in [1.54, 1.807) is 0 Å². The SMILES string of the molecule is O=[N+]([O-])c1ccc(N=Nc2ccc(NCC(F)(F)C(F)(F)F)cc2)c([N+](=O)[O-])c1. The first kappa shape index (κ1) is 21.6. The maximum Gasteiger partial charge on any atom is 0.455 e. The van der Waals surface area contributed by atoms with E-state index in [1.165, 1.54) is 12.1 Å². The maximum absolute atomic E-state index is 12.9. The number of benzene rings is 2. The van der Waals surface area contributed by atoms with E-state index in [4.69, 9.17) is 0 Å². The third kappa shape index (κ3) is 5.40. The van der Waals surface area contributed by atoms with E-state index >= 15 is 0 Å². The molecule has 2 aromatic rings. The molecule has 0 aromatic heterocycles. The van der Waals surface area contributed by atoms with Gasteiger partial charge in [0, 0.05) is 11.8 Å². The van der Waals surface area contributed by atoms with Gasteiger partial charge in [0.1, 0.15) is 0 Å². The predicted molar refractivity (Wildman–Crippen MR) is 89.9 cm³/mol. The lowest BCUT2D eigenvalue weighted by atomic mass is 10.2. The van der Waals surface area contributed by atoms with E-state index < -0.39 is 39.9 Å². The second-order valence-electron chi connectivity index (χ2n) is 5.49. The molecule has 0 amide bonds. The highest BCUT2D eigenvalue weighted by molar-refractivity contribution is 5.62. The predicted octanol–water partition coefficient (Wildman–Crippen LogP) is 5.53. The monoisotopic (exact) mass is 419 g/mol. The molecule has 0 spiro atoms. The van der Waals surface area contributed by atoms with Crippen molar-refractivity contribution in [3.63, 3.8) is 0 Å². The van der Waals surface area contributed by atoms with Gasteiger partial charge < -0.3 is 5.32 Å². The van der Waals surface area contributed by atoms with Gasteiger partial charge in [-0.05, 0) is 30.3 Å². The van der Waals surface area contributed by atoms with Crippen molar-refractivity contribution in [2.75, 3.05) is 11.9 Å². The Bertz CT molecular complexity index is 947. The second kappa shape index (κ2) is 8.12. The van der Waals surface area contributed by atoms with E-state index in [-0.39, 0.29) is 17.1 Å². The summed E-state index contributed by atoms with van der Waals surface area (Å²) in [5, 5.41) is 30.9. The van der Waals surface area contributed by atoms with Gasteiger partial charge in [-0.3, -0.25) is 20.2 Å². The van der Waals surface area contributed by atoms with Crippen LogP contribution >= 0.6 is 0 Å². The van der Waals surface area contributed by atoms with E-state index in [1.807, 2.05) is 5.32 Å². The zero-order chi connectivity index (χ0) is 21.8. The topological polar surface area (TPSA) is 123 Å². The van der Waals surface area contributed by atoms with Crippen LogP contribution < -0.4 is 5.32 Å². The lowest BCUT2D eigenvalue weighted by molar-refractivity contribution is -0.393. The van der Waals surface area contributed by atoms with Gasteiger partial charge in [0.05, 0.1) is 28.1 Å². The Morgan fingerprint density at radius 1 is 0.897 bits per heavy atom. The van der Waals surface area contributed by atoms with Gasteiger partial charge in [-0.15, -0.1) is 5.11 Å². The van der Waals surface area contributed by atoms with Crippen molar-refractivity contribution in [3.8, 4) is 0 Å². The second-order valence-corrected chi connectivity index (χ2v) is 5.49. The van der Waals surface area contributed by atoms with Gasteiger partial charge in [0.25, 0.3) is 5.69 Å². The smallest absolute Gasteiger partial charge is 0.379 e. The average Bonchev–Trinajstić information content (AvgIpc) is 2.64. The number of halogens is 5. The number of hydrogen-bond donors (Lipinski definition) is 1. The molecule has 0 aliphatic heterocycles. The fraction of sp³-hybridized carbons (Fsp3) is 0.200. The van der Waals surface area contributed by atoms with Gasteiger partial charge in [-0.25, -0.2) is 0 Å². The molecule has 0 fully saturated rings. The summed E-state index contributed by atoms with van der Waals surface area (Å²) < 4.78 is 62.1. The Labute approximate surface area is 158 Å². The molecule has 14 heteroatoms. The third-order valence-electron chi connectivity index (χ3n) is 3.44. The molecule has 154 valence electrons. The number of hydrogen-bond acceptors (Lipinski definition) is 7. The highest BCUT2D eigenvalue weighted by atomic mass is 19.4. The number of nitrogens with zero attached hydrogens (tertiary/aromatic N) is 4. The lowest BCUT2D eigenvalue weighted by Gasteiger charge is -2.20. The average molecular weight is 419 g/mol. The number of non-ortho nitro benzene ring substituents is 1. The van der Waals surface area contributed by atoms with Crippen LogP contribution in [0.15, 0.2) is 52.7 Å². The summed E-state index contributed by atoms with van der Waals surface area (Å²) in [6, 6.07) is 7.48. The summed E-state index contributed by atoms with van der Waals surface area (Å²) in [6.07, 6.45) is -5.69. The zero-order valence-electron chi connectivity index (χ0n) is 14.1. The van der Waals surface area contributed by atoms with Crippen LogP contribution in [0.25, 0.3) is 0 Å². The summed E-state index contributed by atoms with van der Waals surface area (Å²) in [5.74, 6) is -4.92. The first-order valence-electron chi connectivity index (χ1n) is 7.54. The quantitative estimate of drug-likeness (QED) is 0.274. The maximum atomic E-state index is 12.9. The van der Waals surface area contributed by atoms with Gasteiger partial charge in [0.15, 0.2) is 5.69 Å². The van der Waals surface area contributed by atoms with E-state index in [0.717, 1.165) is 24.3 Å². The van der Waals surface area contributed by atoms with E-state index in [0.29, 0.717) is 6.07 Å². The van der Waals surface area contributed by atoms with Crippen molar-refractivity contribution >= 4 is 28.4 Å². The molecule has 1 N–H and O–H groups in total. The third-order valence-corrected chi connectivity index (χ3v) is 3.44. The minimum Gasteiger partial charge on any atom is -0.379 e. The molecular weight excluding hydrogens is 409 g/mol. The molecule has 9 nitrogen and oxygen atoms in total. The first-order valence-corrected chi connectivity index (χ1v) is 7.54. The fourth-order valence-electron chi connectivity index (χ4n) is 1.93. The van der Waals surface area contributed by atoms with Crippen LogP contribution in [0, 0.1) is 20.2 Å². The Balaban J connectivity index is 2.13. The minimum absolute atomic E-state index is 0.0470. The molecule has 2 aromatic carbocycles. The van der Waals surface area contributed by atoms with Crippen LogP contribution in [0.2, 0.25) is 0 Å². The molecular formula is C15H10F5N5O4. The normalized spacial score (nSPS) is 12.2. The van der Waals surface area contributed by atoms with Crippen molar-refractivity contribution in [1.82, 2.24) is 0 Å². The van der Waals surface area contributed by atoms with Crippen molar-refractivity contribution in [2.24, 2.45) is 10.2 Å². The molecule has 0 bridgehead atoms. The van der Waals surface area contributed by atoms with Gasteiger partial charge in [-0.1, -0.05) is 0 Å². The number of nitro groups is 2. The van der Waals surface area contributed by atoms with Gasteiger partial charge in [-0.2, -0.15) is 27.1 Å². The first-order chi connectivity index (χ1) is 13.4. The number of anilines is 1. The summed E-state index contributed by atoms with van der Waals surface area (Å²) in [7, 11) is 0. The number of nitrogens with one attached hydrogen (secondary N) is 1. The molecule has 0 atom stereocenters. The number of azo groups is 1. The van der Waals surface area contributed by atoms with Crippen LogP contribution in [0.3, 0.4) is 0 Å². The van der Waals surface area contributed by atoms with Crippen molar-refractivity contribution in [1.29, 1.82) is 0 Å². The highest BCUT2D eigenvalue weighted by Gasteiger charge is 2.57. The fourth-order valence-corrected chi connectivity index (χ4v) is 1.93. The molecule has 0 radical (unpaired) electrons. The van der Waals surface area contributed by atoms with Crippen molar-refractivity contribution in [3.05, 3.63) is 62.7 Å². The standard InChI is InChI=1S/C15H10F5N5O4/c16-14(17,15(18,19)20)8-21-9-1-3-10(4-2-9)22-23-12-6-5-11(24(26)27)7-13(12)25(28)29/h1-7,21H,8H2. The Morgan fingerprint density at radius 3 is 2.03 bits per heavy atom. The summed E-state index contributed by atoms with van der Waals surface area (Å²) in [4.78, 5) is 20.0. The largest absolute Gasteiger partial charge is 0.455 e. The molecule has 0 aliphatic carbocycles. The summed E-state index contributed by atoms with van der Waals surface area (Å²) in [6.45, 7) is -1.66. The van der Waals surface area contributed by atoms with E-state index in [9.17, 15) is 42.2 Å². The molecule has 0 aliphatic rings. The Hall–Kier alpha value is -3.71. The van der Waals surface area contributed by atoms with Gasteiger partial charge >= 0.3 is 17.8 Å². The summed E-state index contributed by atoms with van der Waals surface area (Å²) in [5.41, 5.74) is -1.38. The van der Waals surface area contributed by atoms with Crippen LogP contribution in [-0.2, 0) is 0 Å². The molecule has 2 rings (SSSR count). The number of rotatable bonds is 7. The zero-order valence-corrected chi connectivity index (χ0v) is 14.1. The highest BCUT2D eigenvalue weighted by Crippen LogP contribution is 2.36. The molecule has 0 saturated heterocycles. The molecule has 29 heavy (non-hydrogen) atoms.